The van der Waals surface area contributed by atoms with E-state index in [4.69, 9.17) is 4.42 Å². The van der Waals surface area contributed by atoms with Crippen LogP contribution in [0, 0.1) is 6.92 Å². The SMILES string of the molecule is Cc1cc(=O)c(C(=O)N(Cc2ccco2)Cc2cccs2)nn1-c1ccccc1C(F)(F)F. The first-order valence-electron chi connectivity index (χ1n) is 9.85. The molecular formula is C23H18F3N3O3S. The van der Waals surface area contributed by atoms with E-state index in [1.165, 1.54) is 47.6 Å². The Labute approximate surface area is 190 Å². The van der Waals surface area contributed by atoms with Crippen LogP contribution in [-0.2, 0) is 19.3 Å². The van der Waals surface area contributed by atoms with E-state index in [0.29, 0.717) is 5.76 Å². The number of thiophene rings is 1. The number of nitrogens with zero attached hydrogens (tertiary/aromatic N) is 3. The zero-order valence-electron chi connectivity index (χ0n) is 17.4. The van der Waals surface area contributed by atoms with Gasteiger partial charge in [0.05, 0.1) is 30.6 Å². The largest absolute Gasteiger partial charge is 0.467 e. The number of hydrogen-bond acceptors (Lipinski definition) is 5. The summed E-state index contributed by atoms with van der Waals surface area (Å²) in [6.07, 6.45) is -3.17. The van der Waals surface area contributed by atoms with E-state index in [9.17, 15) is 22.8 Å². The first kappa shape index (κ1) is 22.5. The molecule has 1 aromatic carbocycles. The van der Waals surface area contributed by atoms with E-state index in [-0.39, 0.29) is 24.5 Å². The number of aryl methyl sites for hydroxylation is 1. The van der Waals surface area contributed by atoms with Gasteiger partial charge < -0.3 is 9.32 Å². The lowest BCUT2D eigenvalue weighted by Gasteiger charge is -2.22. The van der Waals surface area contributed by atoms with Gasteiger partial charge in [-0.25, -0.2) is 4.68 Å². The highest BCUT2D eigenvalue weighted by Gasteiger charge is 2.34. The fraction of sp³-hybridized carbons (Fsp3) is 0.174. The van der Waals surface area contributed by atoms with Crippen LogP contribution in [0.25, 0.3) is 5.69 Å². The summed E-state index contributed by atoms with van der Waals surface area (Å²) in [5.74, 6) is -0.210. The predicted molar refractivity (Wildman–Crippen MR) is 116 cm³/mol. The van der Waals surface area contributed by atoms with E-state index in [2.05, 4.69) is 5.10 Å². The fourth-order valence-electron chi connectivity index (χ4n) is 3.37. The van der Waals surface area contributed by atoms with E-state index >= 15 is 0 Å². The Morgan fingerprint density at radius 2 is 1.91 bits per heavy atom. The number of halogens is 3. The van der Waals surface area contributed by atoms with E-state index < -0.39 is 28.8 Å². The zero-order chi connectivity index (χ0) is 23.6. The predicted octanol–water partition coefficient (Wildman–Crippen LogP) is 5.06. The molecule has 170 valence electrons. The Hall–Kier alpha value is -3.66. The van der Waals surface area contributed by atoms with Crippen LogP contribution in [0.3, 0.4) is 0 Å². The van der Waals surface area contributed by atoms with Crippen molar-refractivity contribution < 1.29 is 22.4 Å². The van der Waals surface area contributed by atoms with E-state index in [1.807, 2.05) is 17.5 Å². The highest BCUT2D eigenvalue weighted by molar-refractivity contribution is 7.09. The van der Waals surface area contributed by atoms with Gasteiger partial charge in [-0.05, 0) is 42.6 Å². The third-order valence-corrected chi connectivity index (χ3v) is 5.75. The summed E-state index contributed by atoms with van der Waals surface area (Å²) in [5, 5.41) is 5.94. The molecule has 10 heteroatoms. The minimum absolute atomic E-state index is 0.0673. The molecule has 0 saturated carbocycles. The number of hydrogen-bond donors (Lipinski definition) is 0. The van der Waals surface area contributed by atoms with Gasteiger partial charge in [0.2, 0.25) is 5.43 Å². The molecule has 33 heavy (non-hydrogen) atoms. The lowest BCUT2D eigenvalue weighted by atomic mass is 10.1. The number of rotatable bonds is 6. The van der Waals surface area contributed by atoms with Crippen molar-refractivity contribution in [1.82, 2.24) is 14.7 Å². The van der Waals surface area contributed by atoms with Gasteiger partial charge in [0, 0.05) is 16.6 Å². The molecule has 0 saturated heterocycles. The Morgan fingerprint density at radius 1 is 1.12 bits per heavy atom. The van der Waals surface area contributed by atoms with Crippen molar-refractivity contribution in [2.24, 2.45) is 0 Å². The molecule has 0 aliphatic rings. The summed E-state index contributed by atoms with van der Waals surface area (Å²) in [6.45, 7) is 1.71. The molecule has 3 aromatic heterocycles. The molecule has 0 fully saturated rings. The van der Waals surface area contributed by atoms with Gasteiger partial charge in [0.1, 0.15) is 5.76 Å². The summed E-state index contributed by atoms with van der Waals surface area (Å²) >= 11 is 1.43. The normalized spacial score (nSPS) is 11.5. The lowest BCUT2D eigenvalue weighted by molar-refractivity contribution is -0.137. The number of benzene rings is 1. The van der Waals surface area contributed by atoms with Gasteiger partial charge in [-0.15, -0.1) is 11.3 Å². The Kier molecular flexibility index (Phi) is 6.19. The van der Waals surface area contributed by atoms with Gasteiger partial charge in [0.15, 0.2) is 5.69 Å². The monoisotopic (exact) mass is 473 g/mol. The molecule has 4 aromatic rings. The van der Waals surface area contributed by atoms with Crippen molar-refractivity contribution >= 4 is 17.2 Å². The van der Waals surface area contributed by atoms with Crippen LogP contribution in [0.2, 0.25) is 0 Å². The molecule has 6 nitrogen and oxygen atoms in total. The Balaban J connectivity index is 1.78. The molecule has 0 aliphatic heterocycles. The molecule has 0 N–H and O–H groups in total. The van der Waals surface area contributed by atoms with Crippen LogP contribution >= 0.6 is 11.3 Å². The molecular weight excluding hydrogens is 455 g/mol. The molecule has 0 spiro atoms. The maximum Gasteiger partial charge on any atom is 0.418 e. The lowest BCUT2D eigenvalue weighted by Crippen LogP contribution is -2.35. The minimum Gasteiger partial charge on any atom is -0.467 e. The quantitative estimate of drug-likeness (QED) is 0.393. The van der Waals surface area contributed by atoms with Gasteiger partial charge in [-0.3, -0.25) is 9.59 Å². The first-order chi connectivity index (χ1) is 15.7. The summed E-state index contributed by atoms with van der Waals surface area (Å²) < 4.78 is 47.0. The fourth-order valence-corrected chi connectivity index (χ4v) is 4.09. The number of furan rings is 1. The molecule has 0 bridgehead atoms. The van der Waals surface area contributed by atoms with Crippen LogP contribution < -0.4 is 5.43 Å². The average molecular weight is 473 g/mol. The zero-order valence-corrected chi connectivity index (χ0v) is 18.2. The third kappa shape index (κ3) is 4.90. The number of carbonyl (C=O) groups excluding carboxylic acids is 1. The number of amides is 1. The van der Waals surface area contributed by atoms with Crippen molar-refractivity contribution in [3.05, 3.63) is 104 Å². The van der Waals surface area contributed by atoms with Crippen molar-refractivity contribution in [1.29, 1.82) is 0 Å². The Morgan fingerprint density at radius 3 is 2.58 bits per heavy atom. The third-order valence-electron chi connectivity index (χ3n) is 4.89. The molecule has 0 atom stereocenters. The van der Waals surface area contributed by atoms with Crippen molar-refractivity contribution in [2.45, 2.75) is 26.2 Å². The standard InChI is InChI=1S/C23H18F3N3O3S/c1-15-12-20(30)21(27-29(15)19-9-3-2-8-18(19)23(24,25)26)22(31)28(13-16-6-4-10-32-16)14-17-7-5-11-33-17/h2-12H,13-14H2,1H3. The minimum atomic E-state index is -4.64. The van der Waals surface area contributed by atoms with Crippen LogP contribution in [0.1, 0.15) is 32.4 Å². The van der Waals surface area contributed by atoms with E-state index in [0.717, 1.165) is 21.7 Å². The summed E-state index contributed by atoms with van der Waals surface area (Å²) in [4.78, 5) is 28.3. The van der Waals surface area contributed by atoms with Crippen molar-refractivity contribution in [2.75, 3.05) is 0 Å². The summed E-state index contributed by atoms with van der Waals surface area (Å²) in [5.41, 5.74) is -2.17. The molecule has 3 heterocycles. The number of para-hydroxylation sites is 1. The number of aromatic nitrogens is 2. The molecule has 0 unspecified atom stereocenters. The van der Waals surface area contributed by atoms with Gasteiger partial charge in [0.25, 0.3) is 5.91 Å². The average Bonchev–Trinajstić information content (AvgIpc) is 3.47. The van der Waals surface area contributed by atoms with Crippen molar-refractivity contribution in [3.8, 4) is 5.69 Å². The van der Waals surface area contributed by atoms with Crippen LogP contribution in [-0.4, -0.2) is 20.6 Å². The smallest absolute Gasteiger partial charge is 0.418 e. The van der Waals surface area contributed by atoms with Crippen LogP contribution in [0.4, 0.5) is 13.2 Å². The van der Waals surface area contributed by atoms with E-state index in [1.54, 1.807) is 12.1 Å². The Bertz CT molecular complexity index is 1280. The maximum absolute atomic E-state index is 13.6. The van der Waals surface area contributed by atoms with Gasteiger partial charge in [-0.1, -0.05) is 18.2 Å². The number of carbonyl (C=O) groups is 1. The van der Waals surface area contributed by atoms with Crippen molar-refractivity contribution in [3.63, 3.8) is 0 Å². The molecule has 0 radical (unpaired) electrons. The van der Waals surface area contributed by atoms with Gasteiger partial charge >= 0.3 is 6.18 Å². The van der Waals surface area contributed by atoms with Gasteiger partial charge in [-0.2, -0.15) is 18.3 Å². The second-order valence-corrected chi connectivity index (χ2v) is 8.28. The second kappa shape index (κ2) is 9.07. The summed E-state index contributed by atoms with van der Waals surface area (Å²) in [6, 6.07) is 13.0. The molecule has 0 aliphatic carbocycles. The highest BCUT2D eigenvalue weighted by atomic mass is 32.1. The summed E-state index contributed by atoms with van der Waals surface area (Å²) in [7, 11) is 0. The maximum atomic E-state index is 13.6. The second-order valence-electron chi connectivity index (χ2n) is 7.25. The molecule has 4 rings (SSSR count). The topological polar surface area (TPSA) is 68.3 Å². The number of alkyl halides is 3. The molecule has 1 amide bonds. The first-order valence-corrected chi connectivity index (χ1v) is 10.7. The van der Waals surface area contributed by atoms with Crippen LogP contribution in [0.15, 0.2) is 75.5 Å². The highest BCUT2D eigenvalue weighted by Crippen LogP contribution is 2.33. The van der Waals surface area contributed by atoms with Crippen LogP contribution in [0.5, 0.6) is 0 Å².